The minimum atomic E-state index is -2.99. The van der Waals surface area contributed by atoms with Crippen molar-refractivity contribution in [2.45, 2.75) is 26.9 Å². The lowest BCUT2D eigenvalue weighted by atomic mass is 10.1. The van der Waals surface area contributed by atoms with Gasteiger partial charge in [0.1, 0.15) is 0 Å². The third-order valence-electron chi connectivity index (χ3n) is 4.64. The number of hydrogen-bond donors (Lipinski definition) is 1. The van der Waals surface area contributed by atoms with Crippen LogP contribution >= 0.6 is 11.3 Å². The molecular formula is C22H20F2N2O5S. The van der Waals surface area contributed by atoms with Crippen molar-refractivity contribution in [3.05, 3.63) is 58.1 Å². The average molecular weight is 462 g/mol. The minimum Gasteiger partial charge on any atom is -0.490 e. The molecule has 0 spiro atoms. The molecule has 0 aliphatic carbocycles. The van der Waals surface area contributed by atoms with Gasteiger partial charge in [-0.25, -0.2) is 4.98 Å². The van der Waals surface area contributed by atoms with Crippen molar-refractivity contribution in [3.8, 4) is 23.0 Å². The molecule has 0 saturated carbocycles. The molecule has 1 aromatic heterocycles. The number of fused-ring (bicyclic) bond motifs is 1. The van der Waals surface area contributed by atoms with E-state index >= 15 is 0 Å². The Morgan fingerprint density at radius 3 is 2.78 bits per heavy atom. The van der Waals surface area contributed by atoms with E-state index in [0.29, 0.717) is 17.3 Å². The predicted octanol–water partition coefficient (Wildman–Crippen LogP) is 5.02. The smallest absolute Gasteiger partial charge is 0.387 e. The van der Waals surface area contributed by atoms with Crippen molar-refractivity contribution in [3.63, 3.8) is 0 Å². The number of alkyl halides is 2. The lowest BCUT2D eigenvalue weighted by molar-refractivity contribution is -0.0514. The van der Waals surface area contributed by atoms with E-state index < -0.39 is 12.5 Å². The molecular weight excluding hydrogens is 442 g/mol. The molecule has 4 rings (SSSR count). The molecule has 1 aliphatic rings. The Labute approximate surface area is 186 Å². The van der Waals surface area contributed by atoms with E-state index in [0.717, 1.165) is 21.9 Å². The summed E-state index contributed by atoms with van der Waals surface area (Å²) < 4.78 is 45.7. The van der Waals surface area contributed by atoms with Gasteiger partial charge in [0.25, 0.3) is 5.91 Å². The number of nitrogens with zero attached hydrogens (tertiary/aromatic N) is 1. The van der Waals surface area contributed by atoms with Crippen LogP contribution in [0, 0.1) is 6.92 Å². The molecule has 0 radical (unpaired) electrons. The van der Waals surface area contributed by atoms with Crippen LogP contribution in [0.25, 0.3) is 0 Å². The molecule has 2 aromatic carbocycles. The number of aromatic nitrogens is 1. The van der Waals surface area contributed by atoms with Gasteiger partial charge in [0, 0.05) is 16.9 Å². The van der Waals surface area contributed by atoms with Crippen LogP contribution in [-0.2, 0) is 6.42 Å². The lowest BCUT2D eigenvalue weighted by Crippen LogP contribution is -2.12. The number of aryl methyl sites for hydroxylation is 1. The van der Waals surface area contributed by atoms with Crippen LogP contribution in [0.2, 0.25) is 0 Å². The molecule has 32 heavy (non-hydrogen) atoms. The maximum Gasteiger partial charge on any atom is 0.387 e. The Morgan fingerprint density at radius 2 is 2.00 bits per heavy atom. The second-order valence-electron chi connectivity index (χ2n) is 6.82. The van der Waals surface area contributed by atoms with Crippen LogP contribution in [0.3, 0.4) is 0 Å². The van der Waals surface area contributed by atoms with E-state index in [4.69, 9.17) is 14.2 Å². The molecule has 1 amide bonds. The third-order valence-corrected chi connectivity index (χ3v) is 5.71. The van der Waals surface area contributed by atoms with Crippen molar-refractivity contribution < 1.29 is 32.5 Å². The van der Waals surface area contributed by atoms with Gasteiger partial charge in [-0.05, 0) is 49.7 Å². The summed E-state index contributed by atoms with van der Waals surface area (Å²) in [5, 5.41) is 3.19. The molecule has 168 valence electrons. The highest BCUT2D eigenvalue weighted by Gasteiger charge is 2.18. The van der Waals surface area contributed by atoms with Gasteiger partial charge in [-0.3, -0.25) is 10.1 Å². The van der Waals surface area contributed by atoms with Gasteiger partial charge in [0.2, 0.25) is 6.79 Å². The Hall–Kier alpha value is -3.40. The maximum atomic E-state index is 12.7. The summed E-state index contributed by atoms with van der Waals surface area (Å²) in [6, 6.07) is 9.80. The van der Waals surface area contributed by atoms with Crippen LogP contribution < -0.4 is 24.3 Å². The van der Waals surface area contributed by atoms with Crippen molar-refractivity contribution in [2.24, 2.45) is 0 Å². The Balaban J connectivity index is 1.47. The van der Waals surface area contributed by atoms with Crippen molar-refractivity contribution >= 4 is 22.4 Å². The number of amides is 1. The zero-order valence-corrected chi connectivity index (χ0v) is 18.1. The standard InChI is InChI=1S/C22H20F2N2O5S/c1-3-28-18-10-14(5-7-16(18)31-21(23)24)20(27)26-22-25-12(2)19(32-22)9-13-4-6-15-17(8-13)30-11-29-15/h4-8,10,21H,3,9,11H2,1-2H3,(H,25,26,27). The molecule has 2 heterocycles. The molecule has 1 N–H and O–H groups in total. The number of ether oxygens (including phenoxy) is 4. The van der Waals surface area contributed by atoms with E-state index in [9.17, 15) is 13.6 Å². The summed E-state index contributed by atoms with van der Waals surface area (Å²) >= 11 is 1.37. The van der Waals surface area contributed by atoms with Gasteiger partial charge >= 0.3 is 6.61 Å². The highest BCUT2D eigenvalue weighted by molar-refractivity contribution is 7.15. The fourth-order valence-corrected chi connectivity index (χ4v) is 4.15. The molecule has 7 nitrogen and oxygen atoms in total. The molecule has 3 aromatic rings. The Morgan fingerprint density at radius 1 is 1.19 bits per heavy atom. The summed E-state index contributed by atoms with van der Waals surface area (Å²) in [5.41, 5.74) is 2.08. The predicted molar refractivity (Wildman–Crippen MR) is 114 cm³/mol. The van der Waals surface area contributed by atoms with Crippen LogP contribution in [0.4, 0.5) is 13.9 Å². The third kappa shape index (κ3) is 4.91. The SMILES string of the molecule is CCOc1cc(C(=O)Nc2nc(C)c(Cc3ccc4c(c3)OCO4)s2)ccc1OC(F)F. The number of anilines is 1. The van der Waals surface area contributed by atoms with Crippen LogP contribution in [0.1, 0.15) is 33.4 Å². The first-order valence-electron chi connectivity index (χ1n) is 9.80. The zero-order chi connectivity index (χ0) is 22.7. The largest absolute Gasteiger partial charge is 0.490 e. The molecule has 10 heteroatoms. The summed E-state index contributed by atoms with van der Waals surface area (Å²) in [7, 11) is 0. The van der Waals surface area contributed by atoms with Crippen LogP contribution in [-0.4, -0.2) is 30.9 Å². The van der Waals surface area contributed by atoms with Gasteiger partial charge < -0.3 is 18.9 Å². The summed E-state index contributed by atoms with van der Waals surface area (Å²) in [6.45, 7) is 1.04. The maximum absolute atomic E-state index is 12.7. The first kappa shape index (κ1) is 21.8. The first-order chi connectivity index (χ1) is 15.4. The van der Waals surface area contributed by atoms with E-state index in [1.807, 2.05) is 25.1 Å². The number of rotatable bonds is 8. The summed E-state index contributed by atoms with van der Waals surface area (Å²) in [6.07, 6.45) is 0.629. The number of carbonyl (C=O) groups is 1. The molecule has 1 aliphatic heterocycles. The normalized spacial score (nSPS) is 12.2. The van der Waals surface area contributed by atoms with Crippen LogP contribution in [0.5, 0.6) is 23.0 Å². The topological polar surface area (TPSA) is 78.9 Å². The molecule has 0 bridgehead atoms. The van der Waals surface area contributed by atoms with Gasteiger partial charge in [0.15, 0.2) is 28.1 Å². The molecule has 0 fully saturated rings. The zero-order valence-electron chi connectivity index (χ0n) is 17.3. The summed E-state index contributed by atoms with van der Waals surface area (Å²) in [4.78, 5) is 18.1. The average Bonchev–Trinajstić information content (AvgIpc) is 3.35. The number of thiazole rings is 1. The molecule has 0 unspecified atom stereocenters. The monoisotopic (exact) mass is 462 g/mol. The Bertz CT molecular complexity index is 1140. The fraction of sp³-hybridized carbons (Fsp3) is 0.273. The number of halogens is 2. The van der Waals surface area contributed by atoms with E-state index in [-0.39, 0.29) is 30.5 Å². The van der Waals surface area contributed by atoms with Gasteiger partial charge in [0.05, 0.1) is 12.3 Å². The van der Waals surface area contributed by atoms with E-state index in [1.165, 1.54) is 29.5 Å². The van der Waals surface area contributed by atoms with Crippen molar-refractivity contribution in [1.29, 1.82) is 0 Å². The highest BCUT2D eigenvalue weighted by Crippen LogP contribution is 2.35. The second kappa shape index (κ2) is 9.39. The molecule has 0 saturated heterocycles. The highest BCUT2D eigenvalue weighted by atomic mass is 32.1. The number of carbonyl (C=O) groups excluding carboxylic acids is 1. The summed E-state index contributed by atoms with van der Waals surface area (Å²) in [5.74, 6) is 0.938. The number of nitrogens with one attached hydrogen (secondary N) is 1. The number of benzene rings is 2. The van der Waals surface area contributed by atoms with Crippen LogP contribution in [0.15, 0.2) is 36.4 Å². The van der Waals surface area contributed by atoms with E-state index in [2.05, 4.69) is 15.0 Å². The first-order valence-corrected chi connectivity index (χ1v) is 10.6. The fourth-order valence-electron chi connectivity index (χ4n) is 3.16. The minimum absolute atomic E-state index is 0.0688. The van der Waals surface area contributed by atoms with Gasteiger partial charge in [-0.1, -0.05) is 6.07 Å². The van der Waals surface area contributed by atoms with Crippen molar-refractivity contribution in [1.82, 2.24) is 4.98 Å². The lowest BCUT2D eigenvalue weighted by Gasteiger charge is -2.12. The molecule has 0 atom stereocenters. The van der Waals surface area contributed by atoms with Gasteiger partial charge in [-0.2, -0.15) is 8.78 Å². The van der Waals surface area contributed by atoms with E-state index in [1.54, 1.807) is 6.92 Å². The quantitative estimate of drug-likeness (QED) is 0.506. The van der Waals surface area contributed by atoms with Crippen molar-refractivity contribution in [2.75, 3.05) is 18.7 Å². The number of hydrogen-bond acceptors (Lipinski definition) is 7. The second-order valence-corrected chi connectivity index (χ2v) is 7.90. The van der Waals surface area contributed by atoms with Gasteiger partial charge in [-0.15, -0.1) is 11.3 Å². The Kier molecular flexibility index (Phi) is 6.40.